The number of fused-ring (bicyclic) bond motifs is 1. The fraction of sp³-hybridized carbons (Fsp3) is 0. The van der Waals surface area contributed by atoms with Crippen molar-refractivity contribution in [3.63, 3.8) is 0 Å². The molecule has 0 amide bonds. The number of nitrogens with one attached hydrogen (secondary N) is 1. The number of halogens is 1. The molecular formula is C21H14ClNO5S2. The summed E-state index contributed by atoms with van der Waals surface area (Å²) in [5.41, 5.74) is 0.858. The van der Waals surface area contributed by atoms with Crippen LogP contribution in [0, 0.1) is 0 Å². The van der Waals surface area contributed by atoms with Gasteiger partial charge >= 0.3 is 5.97 Å². The molecule has 6 nitrogen and oxygen atoms in total. The van der Waals surface area contributed by atoms with E-state index in [9.17, 15) is 18.3 Å². The maximum Gasteiger partial charge on any atom is 0.335 e. The third-order valence-electron chi connectivity index (χ3n) is 4.16. The molecule has 1 heterocycles. The molecule has 1 aromatic heterocycles. The van der Waals surface area contributed by atoms with Gasteiger partial charge in [-0.05, 0) is 42.5 Å². The molecule has 0 saturated heterocycles. The maximum absolute atomic E-state index is 12.9. The van der Waals surface area contributed by atoms with Crippen LogP contribution < -0.4 is 4.72 Å². The summed E-state index contributed by atoms with van der Waals surface area (Å²) >= 11 is 7.30. The topological polar surface area (TPSA) is 96.6 Å². The highest BCUT2D eigenvalue weighted by molar-refractivity contribution is 7.99. The normalized spacial score (nSPS) is 11.5. The molecule has 152 valence electrons. The first-order chi connectivity index (χ1) is 14.3. The first kappa shape index (κ1) is 20.3. The Labute approximate surface area is 181 Å². The number of anilines is 1. The fourth-order valence-electron chi connectivity index (χ4n) is 2.78. The molecule has 4 rings (SSSR count). The minimum Gasteiger partial charge on any atom is -0.478 e. The summed E-state index contributed by atoms with van der Waals surface area (Å²) in [5, 5.41) is 9.98. The smallest absolute Gasteiger partial charge is 0.335 e. The van der Waals surface area contributed by atoms with Crippen molar-refractivity contribution in [3.05, 3.63) is 83.4 Å². The van der Waals surface area contributed by atoms with Gasteiger partial charge in [0.2, 0.25) is 5.09 Å². The van der Waals surface area contributed by atoms with Crippen LogP contribution in [0.1, 0.15) is 10.4 Å². The molecule has 0 saturated carbocycles. The van der Waals surface area contributed by atoms with Crippen molar-refractivity contribution in [3.8, 4) is 0 Å². The Morgan fingerprint density at radius 2 is 1.80 bits per heavy atom. The molecule has 0 fully saturated rings. The average molecular weight is 460 g/mol. The van der Waals surface area contributed by atoms with E-state index in [1.807, 2.05) is 0 Å². The summed E-state index contributed by atoms with van der Waals surface area (Å²) in [4.78, 5) is 12.4. The van der Waals surface area contributed by atoms with Gasteiger partial charge in [-0.15, -0.1) is 0 Å². The lowest BCUT2D eigenvalue weighted by atomic mass is 10.2. The first-order valence-electron chi connectivity index (χ1n) is 8.64. The van der Waals surface area contributed by atoms with Gasteiger partial charge in [0, 0.05) is 26.3 Å². The van der Waals surface area contributed by atoms with Crippen LogP contribution in [0.5, 0.6) is 0 Å². The second-order valence-electron chi connectivity index (χ2n) is 6.28. The van der Waals surface area contributed by atoms with Crippen LogP contribution in [0.3, 0.4) is 0 Å². The summed E-state index contributed by atoms with van der Waals surface area (Å²) < 4.78 is 33.8. The van der Waals surface area contributed by atoms with Gasteiger partial charge in [0.05, 0.1) is 11.3 Å². The van der Waals surface area contributed by atoms with E-state index in [0.717, 1.165) is 0 Å². The fourth-order valence-corrected chi connectivity index (χ4v) is 5.00. The summed E-state index contributed by atoms with van der Waals surface area (Å²) in [6.07, 6.45) is 0. The van der Waals surface area contributed by atoms with Crippen LogP contribution in [-0.2, 0) is 10.0 Å². The molecule has 0 aliphatic carbocycles. The van der Waals surface area contributed by atoms with E-state index in [-0.39, 0.29) is 16.3 Å². The Bertz CT molecular complexity index is 1330. The van der Waals surface area contributed by atoms with Crippen molar-refractivity contribution in [2.24, 2.45) is 0 Å². The summed E-state index contributed by atoms with van der Waals surface area (Å²) in [5.74, 6) is -1.04. The van der Waals surface area contributed by atoms with Gasteiger partial charge in [0.1, 0.15) is 5.58 Å². The van der Waals surface area contributed by atoms with Gasteiger partial charge in [0.25, 0.3) is 10.0 Å². The first-order valence-corrected chi connectivity index (χ1v) is 11.3. The Kier molecular flexibility index (Phi) is 5.46. The van der Waals surface area contributed by atoms with E-state index in [1.165, 1.54) is 36.0 Å². The molecule has 0 atom stereocenters. The van der Waals surface area contributed by atoms with Gasteiger partial charge in [0.15, 0.2) is 0 Å². The predicted molar refractivity (Wildman–Crippen MR) is 116 cm³/mol. The van der Waals surface area contributed by atoms with E-state index >= 15 is 0 Å². The van der Waals surface area contributed by atoms with Crippen LogP contribution in [0.25, 0.3) is 11.0 Å². The van der Waals surface area contributed by atoms with Crippen molar-refractivity contribution >= 4 is 56.0 Å². The molecule has 3 aromatic carbocycles. The molecule has 0 radical (unpaired) electrons. The summed E-state index contributed by atoms with van der Waals surface area (Å²) in [7, 11) is -4.01. The van der Waals surface area contributed by atoms with Gasteiger partial charge in [-0.3, -0.25) is 4.72 Å². The Hall–Kier alpha value is -2.94. The zero-order valence-corrected chi connectivity index (χ0v) is 17.6. The lowest BCUT2D eigenvalue weighted by Crippen LogP contribution is -2.12. The van der Waals surface area contributed by atoms with Gasteiger partial charge < -0.3 is 9.52 Å². The number of sulfonamides is 1. The quantitative estimate of drug-likeness (QED) is 0.382. The molecule has 0 spiro atoms. The highest BCUT2D eigenvalue weighted by Crippen LogP contribution is 2.37. The molecule has 0 bridgehead atoms. The van der Waals surface area contributed by atoms with E-state index < -0.39 is 16.0 Å². The van der Waals surface area contributed by atoms with E-state index in [1.54, 1.807) is 48.5 Å². The number of hydrogen-bond donors (Lipinski definition) is 2. The molecule has 0 aliphatic heterocycles. The number of rotatable bonds is 6. The lowest BCUT2D eigenvalue weighted by Gasteiger charge is -2.12. The molecule has 0 aliphatic rings. The van der Waals surface area contributed by atoms with E-state index in [4.69, 9.17) is 16.0 Å². The number of carbonyl (C=O) groups is 1. The molecule has 0 unspecified atom stereocenters. The highest BCUT2D eigenvalue weighted by Gasteiger charge is 2.21. The Morgan fingerprint density at radius 3 is 2.57 bits per heavy atom. The number of furan rings is 1. The van der Waals surface area contributed by atoms with Gasteiger partial charge in [-0.1, -0.05) is 47.6 Å². The number of carboxylic acids is 1. The monoisotopic (exact) mass is 459 g/mol. The predicted octanol–water partition coefficient (Wildman–Crippen LogP) is 5.74. The zero-order valence-electron chi connectivity index (χ0n) is 15.2. The Morgan fingerprint density at radius 1 is 1.00 bits per heavy atom. The SMILES string of the molecule is O=C(O)c1cccc(Sc2ccc(Cl)cc2NS(=O)(=O)c2cc3ccccc3o2)c1. The minimum atomic E-state index is -4.01. The maximum atomic E-state index is 12.9. The number of hydrogen-bond acceptors (Lipinski definition) is 5. The van der Waals surface area contributed by atoms with E-state index in [2.05, 4.69) is 4.72 Å². The van der Waals surface area contributed by atoms with Crippen molar-refractivity contribution in [2.45, 2.75) is 14.9 Å². The lowest BCUT2D eigenvalue weighted by molar-refractivity contribution is 0.0696. The van der Waals surface area contributed by atoms with Crippen LogP contribution in [0.2, 0.25) is 5.02 Å². The minimum absolute atomic E-state index is 0.137. The number of para-hydroxylation sites is 1. The average Bonchev–Trinajstić information content (AvgIpc) is 3.15. The molecule has 4 aromatic rings. The Balaban J connectivity index is 1.68. The van der Waals surface area contributed by atoms with Crippen molar-refractivity contribution in [2.75, 3.05) is 4.72 Å². The molecule has 30 heavy (non-hydrogen) atoms. The van der Waals surface area contributed by atoms with Crippen LogP contribution in [0.4, 0.5) is 5.69 Å². The second kappa shape index (κ2) is 8.06. The van der Waals surface area contributed by atoms with E-state index in [0.29, 0.717) is 25.8 Å². The van der Waals surface area contributed by atoms with Crippen LogP contribution >= 0.6 is 23.4 Å². The molecule has 2 N–H and O–H groups in total. The number of aromatic carboxylic acids is 1. The van der Waals surface area contributed by atoms with Crippen molar-refractivity contribution < 1.29 is 22.7 Å². The third-order valence-corrected chi connectivity index (χ3v) is 6.68. The standard InChI is InChI=1S/C21H14ClNO5S2/c22-15-8-9-19(29-16-6-3-5-14(10-16)21(24)25)17(12-15)23-30(26,27)20-11-13-4-1-2-7-18(13)28-20/h1-12,23H,(H,24,25). The number of carboxylic acid groups (broad SMARTS) is 1. The third kappa shape index (κ3) is 4.30. The number of benzene rings is 3. The molecular weight excluding hydrogens is 446 g/mol. The largest absolute Gasteiger partial charge is 0.478 e. The summed E-state index contributed by atoms with van der Waals surface area (Å²) in [6.45, 7) is 0. The summed E-state index contributed by atoms with van der Waals surface area (Å²) in [6, 6.07) is 19.6. The molecule has 9 heteroatoms. The van der Waals surface area contributed by atoms with Crippen LogP contribution in [0.15, 0.2) is 92.1 Å². The van der Waals surface area contributed by atoms with Crippen molar-refractivity contribution in [1.29, 1.82) is 0 Å². The van der Waals surface area contributed by atoms with Crippen molar-refractivity contribution in [1.82, 2.24) is 0 Å². The van der Waals surface area contributed by atoms with Crippen LogP contribution in [-0.4, -0.2) is 19.5 Å². The highest BCUT2D eigenvalue weighted by atomic mass is 35.5. The zero-order chi connectivity index (χ0) is 21.3. The second-order valence-corrected chi connectivity index (χ2v) is 9.45. The van der Waals surface area contributed by atoms with Gasteiger partial charge in [-0.25, -0.2) is 4.79 Å². The van der Waals surface area contributed by atoms with Gasteiger partial charge in [-0.2, -0.15) is 8.42 Å².